The van der Waals surface area contributed by atoms with Crippen LogP contribution in [-0.2, 0) is 11.2 Å². The monoisotopic (exact) mass is 362 g/mol. The molecule has 6 nitrogen and oxygen atoms in total. The molecular formula is C19H14N4O2S. The number of carbonyl (C=O) groups is 2. The van der Waals surface area contributed by atoms with E-state index in [1.165, 1.54) is 11.3 Å². The standard InChI is InChI=1S/C19H14N4O2S/c20-11-14-7-4-8-15(9-14)21-18(25)16-12-26-19(22-16)23-17(24)10-13-5-2-1-3-6-13/h1-9,12H,10H2,(H,21,25)(H,22,23,24). The normalized spacial score (nSPS) is 9.96. The molecule has 2 aromatic carbocycles. The maximum Gasteiger partial charge on any atom is 0.275 e. The van der Waals surface area contributed by atoms with Crippen molar-refractivity contribution in [3.63, 3.8) is 0 Å². The van der Waals surface area contributed by atoms with E-state index in [2.05, 4.69) is 15.6 Å². The van der Waals surface area contributed by atoms with Gasteiger partial charge in [-0.25, -0.2) is 4.98 Å². The number of hydrogen-bond donors (Lipinski definition) is 2. The van der Waals surface area contributed by atoms with Gasteiger partial charge in [0.05, 0.1) is 18.1 Å². The molecule has 0 saturated heterocycles. The van der Waals surface area contributed by atoms with E-state index in [-0.39, 0.29) is 18.0 Å². The van der Waals surface area contributed by atoms with Crippen molar-refractivity contribution in [2.45, 2.75) is 6.42 Å². The molecule has 2 amide bonds. The molecule has 26 heavy (non-hydrogen) atoms. The van der Waals surface area contributed by atoms with Crippen LogP contribution in [0, 0.1) is 11.3 Å². The van der Waals surface area contributed by atoms with Gasteiger partial charge < -0.3 is 10.6 Å². The second-order valence-corrected chi connectivity index (χ2v) is 6.25. The third-order valence-electron chi connectivity index (χ3n) is 3.44. The summed E-state index contributed by atoms with van der Waals surface area (Å²) in [6, 6.07) is 18.0. The summed E-state index contributed by atoms with van der Waals surface area (Å²) in [6.07, 6.45) is 0.239. The highest BCUT2D eigenvalue weighted by molar-refractivity contribution is 7.14. The van der Waals surface area contributed by atoms with Crippen molar-refractivity contribution in [3.8, 4) is 6.07 Å². The predicted molar refractivity (Wildman–Crippen MR) is 100.0 cm³/mol. The van der Waals surface area contributed by atoms with E-state index in [0.29, 0.717) is 16.4 Å². The lowest BCUT2D eigenvalue weighted by Crippen LogP contribution is -2.15. The fourth-order valence-corrected chi connectivity index (χ4v) is 2.95. The van der Waals surface area contributed by atoms with E-state index in [1.54, 1.807) is 29.6 Å². The average Bonchev–Trinajstić information content (AvgIpc) is 3.11. The Morgan fingerprint density at radius 1 is 1.08 bits per heavy atom. The van der Waals surface area contributed by atoms with Gasteiger partial charge in [0, 0.05) is 11.1 Å². The Bertz CT molecular complexity index is 976. The average molecular weight is 362 g/mol. The van der Waals surface area contributed by atoms with Crippen molar-refractivity contribution < 1.29 is 9.59 Å². The minimum Gasteiger partial charge on any atom is -0.321 e. The molecular weight excluding hydrogens is 348 g/mol. The number of aromatic nitrogens is 1. The van der Waals surface area contributed by atoms with Crippen LogP contribution in [-0.4, -0.2) is 16.8 Å². The van der Waals surface area contributed by atoms with Gasteiger partial charge in [-0.05, 0) is 23.8 Å². The maximum atomic E-state index is 12.2. The molecule has 0 radical (unpaired) electrons. The van der Waals surface area contributed by atoms with Crippen LogP contribution in [0.4, 0.5) is 10.8 Å². The molecule has 1 heterocycles. The predicted octanol–water partition coefficient (Wildman–Crippen LogP) is 3.45. The molecule has 0 aliphatic carbocycles. The van der Waals surface area contributed by atoms with Crippen LogP contribution < -0.4 is 10.6 Å². The third-order valence-corrected chi connectivity index (χ3v) is 4.20. The highest BCUT2D eigenvalue weighted by Crippen LogP contribution is 2.18. The highest BCUT2D eigenvalue weighted by Gasteiger charge is 2.13. The smallest absolute Gasteiger partial charge is 0.275 e. The van der Waals surface area contributed by atoms with Gasteiger partial charge in [0.2, 0.25) is 5.91 Å². The molecule has 128 valence electrons. The van der Waals surface area contributed by atoms with Gasteiger partial charge in [0.25, 0.3) is 5.91 Å². The quantitative estimate of drug-likeness (QED) is 0.727. The Labute approximate surface area is 154 Å². The van der Waals surface area contributed by atoms with Crippen molar-refractivity contribution in [3.05, 3.63) is 76.8 Å². The SMILES string of the molecule is N#Cc1cccc(NC(=O)c2csc(NC(=O)Cc3ccccc3)n2)c1. The van der Waals surface area contributed by atoms with E-state index < -0.39 is 5.91 Å². The van der Waals surface area contributed by atoms with Gasteiger partial charge in [-0.15, -0.1) is 11.3 Å². The molecule has 0 atom stereocenters. The number of carbonyl (C=O) groups excluding carboxylic acids is 2. The van der Waals surface area contributed by atoms with Crippen molar-refractivity contribution in [1.82, 2.24) is 4.98 Å². The summed E-state index contributed by atoms with van der Waals surface area (Å²) in [7, 11) is 0. The van der Waals surface area contributed by atoms with Crippen molar-refractivity contribution in [2.75, 3.05) is 10.6 Å². The van der Waals surface area contributed by atoms with Crippen LogP contribution >= 0.6 is 11.3 Å². The molecule has 0 fully saturated rings. The van der Waals surface area contributed by atoms with E-state index in [1.807, 2.05) is 36.4 Å². The molecule has 0 spiro atoms. The van der Waals surface area contributed by atoms with Crippen LogP contribution in [0.1, 0.15) is 21.6 Å². The van der Waals surface area contributed by atoms with Crippen molar-refractivity contribution >= 4 is 34.0 Å². The lowest BCUT2D eigenvalue weighted by Gasteiger charge is -2.03. The molecule has 0 aliphatic heterocycles. The molecule has 0 unspecified atom stereocenters. The minimum absolute atomic E-state index is 0.195. The number of nitriles is 1. The first-order chi connectivity index (χ1) is 12.6. The summed E-state index contributed by atoms with van der Waals surface area (Å²) in [5.41, 5.74) is 2.07. The molecule has 1 aromatic heterocycles. The Kier molecular flexibility index (Phi) is 5.37. The summed E-state index contributed by atoms with van der Waals surface area (Å²) < 4.78 is 0. The maximum absolute atomic E-state index is 12.2. The molecule has 0 saturated carbocycles. The van der Waals surface area contributed by atoms with Crippen LogP contribution in [0.15, 0.2) is 60.0 Å². The summed E-state index contributed by atoms with van der Waals surface area (Å²) in [5.74, 6) is -0.598. The Balaban J connectivity index is 1.61. The zero-order chi connectivity index (χ0) is 18.4. The van der Waals surface area contributed by atoms with Crippen molar-refractivity contribution in [1.29, 1.82) is 5.26 Å². The number of rotatable bonds is 5. The Morgan fingerprint density at radius 3 is 2.65 bits per heavy atom. The van der Waals surface area contributed by atoms with Gasteiger partial charge in [-0.3, -0.25) is 9.59 Å². The largest absolute Gasteiger partial charge is 0.321 e. The molecule has 3 aromatic rings. The van der Waals surface area contributed by atoms with E-state index in [4.69, 9.17) is 5.26 Å². The molecule has 0 bridgehead atoms. The zero-order valence-electron chi connectivity index (χ0n) is 13.6. The van der Waals surface area contributed by atoms with Crippen LogP contribution in [0.25, 0.3) is 0 Å². The summed E-state index contributed by atoms with van der Waals surface area (Å²) in [5, 5.41) is 16.2. The number of nitrogens with zero attached hydrogens (tertiary/aromatic N) is 2. The van der Waals surface area contributed by atoms with Crippen LogP contribution in [0.2, 0.25) is 0 Å². The van der Waals surface area contributed by atoms with Gasteiger partial charge in [0.1, 0.15) is 5.69 Å². The summed E-state index contributed by atoms with van der Waals surface area (Å²) in [4.78, 5) is 28.4. The fraction of sp³-hybridized carbons (Fsp3) is 0.0526. The summed E-state index contributed by atoms with van der Waals surface area (Å²) >= 11 is 1.18. The van der Waals surface area contributed by atoms with Gasteiger partial charge in [-0.1, -0.05) is 36.4 Å². The topological polar surface area (TPSA) is 94.9 Å². The van der Waals surface area contributed by atoms with Crippen molar-refractivity contribution in [2.24, 2.45) is 0 Å². The molecule has 0 aliphatic rings. The fourth-order valence-electron chi connectivity index (χ4n) is 2.24. The number of nitrogens with one attached hydrogen (secondary N) is 2. The number of benzene rings is 2. The Hall–Kier alpha value is -3.50. The lowest BCUT2D eigenvalue weighted by atomic mass is 10.1. The first-order valence-electron chi connectivity index (χ1n) is 7.75. The first kappa shape index (κ1) is 17.3. The summed E-state index contributed by atoms with van der Waals surface area (Å²) in [6.45, 7) is 0. The molecule has 2 N–H and O–H groups in total. The van der Waals surface area contributed by atoms with Crippen LogP contribution in [0.5, 0.6) is 0 Å². The van der Waals surface area contributed by atoms with Crippen LogP contribution in [0.3, 0.4) is 0 Å². The Morgan fingerprint density at radius 2 is 1.88 bits per heavy atom. The highest BCUT2D eigenvalue weighted by atomic mass is 32.1. The number of anilines is 2. The molecule has 7 heteroatoms. The van der Waals surface area contributed by atoms with Gasteiger partial charge >= 0.3 is 0 Å². The number of amides is 2. The molecule has 3 rings (SSSR count). The first-order valence-corrected chi connectivity index (χ1v) is 8.63. The third kappa shape index (κ3) is 4.53. The van der Waals surface area contributed by atoms with E-state index >= 15 is 0 Å². The van der Waals surface area contributed by atoms with E-state index in [0.717, 1.165) is 5.56 Å². The number of thiazole rings is 1. The zero-order valence-corrected chi connectivity index (χ0v) is 14.4. The second-order valence-electron chi connectivity index (χ2n) is 5.40. The van der Waals surface area contributed by atoms with Gasteiger partial charge in [0.15, 0.2) is 5.13 Å². The minimum atomic E-state index is -0.403. The van der Waals surface area contributed by atoms with E-state index in [9.17, 15) is 9.59 Å². The lowest BCUT2D eigenvalue weighted by molar-refractivity contribution is -0.115. The van der Waals surface area contributed by atoms with Gasteiger partial charge in [-0.2, -0.15) is 5.26 Å². The second kappa shape index (κ2) is 8.05. The number of hydrogen-bond acceptors (Lipinski definition) is 5.